The van der Waals surface area contributed by atoms with Crippen molar-refractivity contribution in [2.24, 2.45) is 0 Å². The van der Waals surface area contributed by atoms with E-state index in [4.69, 9.17) is 18.6 Å². The maximum absolute atomic E-state index is 13.1. The first-order valence-corrected chi connectivity index (χ1v) is 17.7. The van der Waals surface area contributed by atoms with E-state index in [-0.39, 0.29) is 5.75 Å². The number of hydrogen-bond donors (Lipinski definition) is 0. The molecule has 0 spiro atoms. The molecule has 0 aliphatic rings. The zero-order chi connectivity index (χ0) is 31.8. The van der Waals surface area contributed by atoms with E-state index in [1.807, 2.05) is 12.1 Å². The third kappa shape index (κ3) is 15.3. The van der Waals surface area contributed by atoms with Crippen molar-refractivity contribution in [3.05, 3.63) is 51.9 Å². The van der Waals surface area contributed by atoms with Crippen LogP contribution in [0.2, 0.25) is 0 Å². The number of allylic oxidation sites excluding steroid dienone is 3. The first-order chi connectivity index (χ1) is 21.5. The lowest BCUT2D eigenvalue weighted by molar-refractivity contribution is 0.249. The van der Waals surface area contributed by atoms with Crippen molar-refractivity contribution in [2.45, 2.75) is 150 Å². The van der Waals surface area contributed by atoms with Crippen LogP contribution in [0.15, 0.2) is 50.7 Å². The average molecular weight is 611 g/mol. The first-order valence-electron chi connectivity index (χ1n) is 17.7. The van der Waals surface area contributed by atoms with Crippen LogP contribution in [0, 0.1) is 0 Å². The molecular formula is C39H62O5. The van der Waals surface area contributed by atoms with Crippen LogP contribution in [0.4, 0.5) is 0 Å². The van der Waals surface area contributed by atoms with E-state index in [9.17, 15) is 4.79 Å². The normalized spacial score (nSPS) is 11.6. The SMILES string of the molecule is CCCCCCCCCCOc1c(OCCCCCCCCCC)c2c(OCC=C(C)CCC=C(C)C)cccc2oc1=O. The summed E-state index contributed by atoms with van der Waals surface area (Å²) in [6, 6.07) is 5.57. The second-order valence-corrected chi connectivity index (χ2v) is 12.5. The maximum atomic E-state index is 13.1. The molecular weight excluding hydrogens is 548 g/mol. The highest BCUT2D eigenvalue weighted by atomic mass is 16.5. The Kier molecular flexibility index (Phi) is 20.2. The lowest BCUT2D eigenvalue weighted by Crippen LogP contribution is -2.12. The van der Waals surface area contributed by atoms with Crippen molar-refractivity contribution in [1.82, 2.24) is 0 Å². The summed E-state index contributed by atoms with van der Waals surface area (Å²) in [4.78, 5) is 13.1. The van der Waals surface area contributed by atoms with Gasteiger partial charge in [0.05, 0.1) is 13.2 Å². The van der Waals surface area contributed by atoms with Crippen molar-refractivity contribution >= 4 is 11.0 Å². The molecule has 0 radical (unpaired) electrons. The van der Waals surface area contributed by atoms with Crippen LogP contribution in [0.5, 0.6) is 17.2 Å². The highest BCUT2D eigenvalue weighted by Gasteiger charge is 2.21. The van der Waals surface area contributed by atoms with Gasteiger partial charge in [-0.25, -0.2) is 4.79 Å². The fourth-order valence-corrected chi connectivity index (χ4v) is 5.34. The fraction of sp³-hybridized carbons (Fsp3) is 0.667. The molecule has 0 N–H and O–H groups in total. The molecule has 248 valence electrons. The molecule has 0 unspecified atom stereocenters. The summed E-state index contributed by atoms with van der Waals surface area (Å²) >= 11 is 0. The molecule has 0 aliphatic heterocycles. The Hall–Kier alpha value is -2.69. The molecule has 5 nitrogen and oxygen atoms in total. The molecule has 0 fully saturated rings. The van der Waals surface area contributed by atoms with E-state index in [1.165, 1.54) is 88.2 Å². The van der Waals surface area contributed by atoms with E-state index >= 15 is 0 Å². The minimum Gasteiger partial charge on any atom is -0.489 e. The highest BCUT2D eigenvalue weighted by molar-refractivity contribution is 5.91. The summed E-state index contributed by atoms with van der Waals surface area (Å²) < 4.78 is 24.5. The second kappa shape index (κ2) is 23.7. The minimum atomic E-state index is -0.491. The van der Waals surface area contributed by atoms with Gasteiger partial charge >= 0.3 is 5.63 Å². The molecule has 1 heterocycles. The Labute approximate surface area is 268 Å². The molecule has 0 atom stereocenters. The van der Waals surface area contributed by atoms with Crippen LogP contribution in [0.1, 0.15) is 150 Å². The van der Waals surface area contributed by atoms with Gasteiger partial charge in [0.1, 0.15) is 23.3 Å². The van der Waals surface area contributed by atoms with E-state index in [2.05, 4.69) is 46.8 Å². The third-order valence-corrected chi connectivity index (χ3v) is 8.06. The molecule has 0 saturated heterocycles. The smallest absolute Gasteiger partial charge is 0.383 e. The predicted octanol–water partition coefficient (Wildman–Crippen LogP) is 11.9. The van der Waals surface area contributed by atoms with Crippen molar-refractivity contribution < 1.29 is 18.6 Å². The molecule has 0 saturated carbocycles. The topological polar surface area (TPSA) is 57.9 Å². The van der Waals surface area contributed by atoms with Gasteiger partial charge in [-0.3, -0.25) is 0 Å². The van der Waals surface area contributed by atoms with E-state index in [0.717, 1.165) is 38.5 Å². The van der Waals surface area contributed by atoms with Crippen molar-refractivity contribution in [1.29, 1.82) is 0 Å². The van der Waals surface area contributed by atoms with Gasteiger partial charge in [-0.05, 0) is 64.7 Å². The van der Waals surface area contributed by atoms with Crippen LogP contribution >= 0.6 is 0 Å². The number of rotatable bonds is 26. The Morgan fingerprint density at radius 1 is 0.682 bits per heavy atom. The highest BCUT2D eigenvalue weighted by Crippen LogP contribution is 2.39. The van der Waals surface area contributed by atoms with Crippen LogP contribution in [0.25, 0.3) is 11.0 Å². The largest absolute Gasteiger partial charge is 0.489 e. The number of unbranched alkanes of at least 4 members (excludes halogenated alkanes) is 14. The first kappa shape index (κ1) is 37.5. The molecule has 0 amide bonds. The number of hydrogen-bond acceptors (Lipinski definition) is 5. The Bertz CT molecular complexity index is 1160. The zero-order valence-corrected chi connectivity index (χ0v) is 28.8. The molecule has 0 bridgehead atoms. The molecule has 2 aromatic rings. The minimum absolute atomic E-state index is 0.171. The Morgan fingerprint density at radius 2 is 1.23 bits per heavy atom. The fourth-order valence-electron chi connectivity index (χ4n) is 5.34. The van der Waals surface area contributed by atoms with Gasteiger partial charge in [0.2, 0.25) is 5.75 Å². The molecule has 44 heavy (non-hydrogen) atoms. The van der Waals surface area contributed by atoms with Gasteiger partial charge < -0.3 is 18.6 Å². The summed E-state index contributed by atoms with van der Waals surface area (Å²) in [5, 5.41) is 0.674. The summed E-state index contributed by atoms with van der Waals surface area (Å²) in [6.07, 6.45) is 25.8. The Morgan fingerprint density at radius 3 is 1.80 bits per heavy atom. The van der Waals surface area contributed by atoms with Crippen molar-refractivity contribution in [2.75, 3.05) is 19.8 Å². The lowest BCUT2D eigenvalue weighted by atomic mass is 10.1. The van der Waals surface area contributed by atoms with Crippen molar-refractivity contribution in [3.8, 4) is 17.2 Å². The zero-order valence-electron chi connectivity index (χ0n) is 28.8. The van der Waals surface area contributed by atoms with Gasteiger partial charge in [0.25, 0.3) is 0 Å². The monoisotopic (exact) mass is 610 g/mol. The summed E-state index contributed by atoms with van der Waals surface area (Å²) in [5.41, 5.74) is 2.60. The van der Waals surface area contributed by atoms with Crippen LogP contribution < -0.4 is 19.8 Å². The maximum Gasteiger partial charge on any atom is 0.383 e. The molecule has 1 aromatic carbocycles. The molecule has 2 rings (SSSR count). The van der Waals surface area contributed by atoms with Crippen LogP contribution in [-0.2, 0) is 0 Å². The summed E-state index contributed by atoms with van der Waals surface area (Å²) in [5.74, 6) is 1.27. The number of ether oxygens (including phenoxy) is 3. The summed E-state index contributed by atoms with van der Waals surface area (Å²) in [7, 11) is 0. The van der Waals surface area contributed by atoms with E-state index in [0.29, 0.717) is 42.3 Å². The standard InChI is InChI=1S/C39H62O5/c1-6-8-10-12-14-16-18-20-29-42-37-36-34(41-31-28-33(5)25-22-24-32(3)4)26-23-27-35(36)44-39(40)38(37)43-30-21-19-17-15-13-11-9-7-2/h23-24,26-28H,6-22,25,29-31H2,1-5H3. The van der Waals surface area contributed by atoms with Gasteiger partial charge in [-0.15, -0.1) is 0 Å². The van der Waals surface area contributed by atoms with Gasteiger partial charge in [-0.2, -0.15) is 0 Å². The van der Waals surface area contributed by atoms with Crippen molar-refractivity contribution in [3.63, 3.8) is 0 Å². The van der Waals surface area contributed by atoms with Gasteiger partial charge in [-0.1, -0.05) is 127 Å². The van der Waals surface area contributed by atoms with Gasteiger partial charge in [0.15, 0.2) is 5.75 Å². The number of fused-ring (bicyclic) bond motifs is 1. The molecule has 1 aromatic heterocycles. The van der Waals surface area contributed by atoms with Gasteiger partial charge in [0, 0.05) is 0 Å². The second-order valence-electron chi connectivity index (χ2n) is 12.5. The van der Waals surface area contributed by atoms with Crippen LogP contribution in [-0.4, -0.2) is 19.8 Å². The van der Waals surface area contributed by atoms with E-state index < -0.39 is 5.63 Å². The lowest BCUT2D eigenvalue weighted by Gasteiger charge is -2.16. The molecule has 0 aliphatic carbocycles. The average Bonchev–Trinajstić information content (AvgIpc) is 3.00. The predicted molar refractivity (Wildman–Crippen MR) is 187 cm³/mol. The quantitative estimate of drug-likeness (QED) is 0.0602. The summed E-state index contributed by atoms with van der Waals surface area (Å²) in [6.45, 7) is 12.3. The molecule has 5 heteroatoms. The van der Waals surface area contributed by atoms with Crippen LogP contribution in [0.3, 0.4) is 0 Å². The Balaban J connectivity index is 2.12. The number of benzene rings is 1. The van der Waals surface area contributed by atoms with E-state index in [1.54, 1.807) is 6.07 Å². The third-order valence-electron chi connectivity index (χ3n) is 8.06.